The molecular formula is C18H21NO. The molecule has 2 heteroatoms. The van der Waals surface area contributed by atoms with Gasteiger partial charge in [0.25, 0.3) is 0 Å². The topological polar surface area (TPSA) is 44.0 Å². The van der Waals surface area contributed by atoms with Crippen LogP contribution in [0.4, 0.5) is 0 Å². The Morgan fingerprint density at radius 2 is 2.00 bits per heavy atom. The maximum Gasteiger partial charge on any atom is 0.0906 e. The van der Waals surface area contributed by atoms with Crippen molar-refractivity contribution in [2.75, 3.05) is 0 Å². The molecule has 3 aliphatic rings. The van der Waals surface area contributed by atoms with Crippen LogP contribution in [0.1, 0.15) is 43.2 Å². The molecule has 2 fully saturated rings. The minimum Gasteiger partial charge on any atom is -0.388 e. The average molecular weight is 267 g/mol. The van der Waals surface area contributed by atoms with E-state index >= 15 is 0 Å². The number of rotatable bonds is 1. The molecule has 1 aromatic rings. The first-order chi connectivity index (χ1) is 9.67. The van der Waals surface area contributed by atoms with Crippen LogP contribution in [0.15, 0.2) is 24.3 Å². The molecule has 2 nitrogen and oxygen atoms in total. The number of benzene rings is 1. The van der Waals surface area contributed by atoms with E-state index in [2.05, 4.69) is 30.3 Å². The van der Waals surface area contributed by atoms with Gasteiger partial charge in [-0.25, -0.2) is 0 Å². The van der Waals surface area contributed by atoms with Gasteiger partial charge in [0.05, 0.1) is 17.1 Å². The van der Waals surface area contributed by atoms with Gasteiger partial charge in [-0.3, -0.25) is 0 Å². The minimum atomic E-state index is -0.738. The first-order valence-electron chi connectivity index (χ1n) is 7.87. The smallest absolute Gasteiger partial charge is 0.0906 e. The molecule has 4 atom stereocenters. The number of fused-ring (bicyclic) bond motifs is 3. The molecule has 0 aliphatic heterocycles. The summed E-state index contributed by atoms with van der Waals surface area (Å²) in [6.07, 6.45) is 6.86. The van der Waals surface area contributed by atoms with E-state index in [0.717, 1.165) is 38.5 Å². The summed E-state index contributed by atoms with van der Waals surface area (Å²) in [4.78, 5) is 0. The first kappa shape index (κ1) is 12.4. The number of aryl methyl sites for hydroxylation is 1. The lowest BCUT2D eigenvalue weighted by molar-refractivity contribution is -0.103. The highest BCUT2D eigenvalue weighted by Gasteiger charge is 2.61. The van der Waals surface area contributed by atoms with Gasteiger partial charge in [-0.2, -0.15) is 5.26 Å². The summed E-state index contributed by atoms with van der Waals surface area (Å²) in [7, 11) is 0. The van der Waals surface area contributed by atoms with Crippen LogP contribution in [0.3, 0.4) is 0 Å². The van der Waals surface area contributed by atoms with Gasteiger partial charge in [0, 0.05) is 0 Å². The van der Waals surface area contributed by atoms with Crippen molar-refractivity contribution in [1.82, 2.24) is 0 Å². The average Bonchev–Trinajstić information content (AvgIpc) is 3.07. The van der Waals surface area contributed by atoms with E-state index in [1.807, 2.05) is 0 Å². The molecule has 20 heavy (non-hydrogen) atoms. The molecule has 1 aromatic carbocycles. The number of hydrogen-bond donors (Lipinski definition) is 1. The van der Waals surface area contributed by atoms with Gasteiger partial charge in [-0.15, -0.1) is 0 Å². The monoisotopic (exact) mass is 267 g/mol. The van der Waals surface area contributed by atoms with E-state index in [1.165, 1.54) is 17.5 Å². The second kappa shape index (κ2) is 4.09. The Balaban J connectivity index is 1.74. The summed E-state index contributed by atoms with van der Waals surface area (Å²) in [6.45, 7) is 0. The molecular weight excluding hydrogens is 246 g/mol. The van der Waals surface area contributed by atoms with Crippen molar-refractivity contribution >= 4 is 0 Å². The molecule has 2 bridgehead atoms. The fourth-order valence-corrected chi connectivity index (χ4v) is 5.18. The van der Waals surface area contributed by atoms with Gasteiger partial charge >= 0.3 is 0 Å². The van der Waals surface area contributed by atoms with Crippen molar-refractivity contribution in [2.45, 2.75) is 50.5 Å². The summed E-state index contributed by atoms with van der Waals surface area (Å²) in [5, 5.41) is 21.3. The quantitative estimate of drug-likeness (QED) is 0.849. The molecule has 0 spiro atoms. The lowest BCUT2D eigenvalue weighted by Crippen LogP contribution is -2.54. The van der Waals surface area contributed by atoms with Gasteiger partial charge in [-0.05, 0) is 67.9 Å². The van der Waals surface area contributed by atoms with Crippen molar-refractivity contribution in [3.05, 3.63) is 35.4 Å². The second-order valence-corrected chi connectivity index (χ2v) is 7.14. The Hall–Kier alpha value is -1.33. The van der Waals surface area contributed by atoms with Gasteiger partial charge in [0.1, 0.15) is 0 Å². The zero-order valence-corrected chi connectivity index (χ0v) is 11.8. The summed E-state index contributed by atoms with van der Waals surface area (Å²) < 4.78 is 0. The van der Waals surface area contributed by atoms with Crippen LogP contribution >= 0.6 is 0 Å². The van der Waals surface area contributed by atoms with Crippen LogP contribution in [0.2, 0.25) is 0 Å². The third kappa shape index (κ3) is 1.48. The van der Waals surface area contributed by atoms with E-state index in [0.29, 0.717) is 11.8 Å². The standard InChI is InChI=1S/C18H21NO/c19-12-17(18(20)10-13-5-6-16(18)9-13)8-7-14-3-1-2-4-15(14)11-17/h1-4,13,16,20H,5-11H2. The van der Waals surface area contributed by atoms with Crippen LogP contribution in [0, 0.1) is 28.6 Å². The van der Waals surface area contributed by atoms with Crippen molar-refractivity contribution in [2.24, 2.45) is 17.3 Å². The molecule has 3 aliphatic carbocycles. The molecule has 0 heterocycles. The minimum absolute atomic E-state index is 0.359. The molecule has 4 rings (SSSR count). The normalized spacial score (nSPS) is 42.2. The van der Waals surface area contributed by atoms with Crippen LogP contribution in [-0.4, -0.2) is 10.7 Å². The number of nitrogens with zero attached hydrogens (tertiary/aromatic N) is 1. The van der Waals surface area contributed by atoms with Crippen LogP contribution in [0.25, 0.3) is 0 Å². The summed E-state index contributed by atoms with van der Waals surface area (Å²) in [5.41, 5.74) is 1.35. The molecule has 0 amide bonds. The maximum atomic E-state index is 11.4. The Labute approximate surface area is 120 Å². The van der Waals surface area contributed by atoms with Crippen molar-refractivity contribution < 1.29 is 5.11 Å². The predicted octanol–water partition coefficient (Wildman–Crippen LogP) is 3.24. The summed E-state index contributed by atoms with van der Waals surface area (Å²) >= 11 is 0. The molecule has 0 aromatic heterocycles. The Morgan fingerprint density at radius 1 is 1.20 bits per heavy atom. The van der Waals surface area contributed by atoms with Crippen molar-refractivity contribution in [1.29, 1.82) is 5.26 Å². The largest absolute Gasteiger partial charge is 0.388 e. The van der Waals surface area contributed by atoms with E-state index in [1.54, 1.807) is 0 Å². The van der Waals surface area contributed by atoms with Gasteiger partial charge in [0.2, 0.25) is 0 Å². The van der Waals surface area contributed by atoms with Gasteiger partial charge in [0.15, 0.2) is 0 Å². The molecule has 2 saturated carbocycles. The van der Waals surface area contributed by atoms with E-state index in [-0.39, 0.29) is 0 Å². The Morgan fingerprint density at radius 3 is 2.65 bits per heavy atom. The van der Waals surface area contributed by atoms with E-state index in [9.17, 15) is 10.4 Å². The zero-order chi connectivity index (χ0) is 13.8. The molecule has 4 unspecified atom stereocenters. The third-order valence-electron chi connectivity index (χ3n) is 6.29. The lowest BCUT2D eigenvalue weighted by atomic mass is 9.58. The number of aliphatic hydroxyl groups is 1. The molecule has 104 valence electrons. The second-order valence-electron chi connectivity index (χ2n) is 7.14. The summed E-state index contributed by atoms with van der Waals surface area (Å²) in [5.74, 6) is 1.02. The highest BCUT2D eigenvalue weighted by atomic mass is 16.3. The fraction of sp³-hybridized carbons (Fsp3) is 0.611. The zero-order valence-electron chi connectivity index (χ0n) is 11.8. The SMILES string of the molecule is N#CC1(C2(O)CC3CCC2C3)CCc2ccccc2C1. The fourth-order valence-electron chi connectivity index (χ4n) is 5.18. The molecule has 0 saturated heterocycles. The van der Waals surface area contributed by atoms with Gasteiger partial charge in [-0.1, -0.05) is 24.3 Å². The van der Waals surface area contributed by atoms with Crippen LogP contribution in [0.5, 0.6) is 0 Å². The first-order valence-corrected chi connectivity index (χ1v) is 7.87. The third-order valence-corrected chi connectivity index (χ3v) is 6.29. The van der Waals surface area contributed by atoms with E-state index < -0.39 is 11.0 Å². The number of hydrogen-bond acceptors (Lipinski definition) is 2. The van der Waals surface area contributed by atoms with Gasteiger partial charge < -0.3 is 5.11 Å². The summed E-state index contributed by atoms with van der Waals surface area (Å²) in [6, 6.07) is 11.0. The van der Waals surface area contributed by atoms with Crippen molar-refractivity contribution in [3.63, 3.8) is 0 Å². The molecule has 0 radical (unpaired) electrons. The highest BCUT2D eigenvalue weighted by molar-refractivity contribution is 5.35. The predicted molar refractivity (Wildman–Crippen MR) is 76.9 cm³/mol. The van der Waals surface area contributed by atoms with Crippen LogP contribution in [-0.2, 0) is 12.8 Å². The molecule has 1 N–H and O–H groups in total. The lowest BCUT2D eigenvalue weighted by Gasteiger charge is -2.48. The van der Waals surface area contributed by atoms with Crippen LogP contribution < -0.4 is 0 Å². The highest BCUT2D eigenvalue weighted by Crippen LogP contribution is 2.60. The Kier molecular flexibility index (Phi) is 2.54. The van der Waals surface area contributed by atoms with Crippen molar-refractivity contribution in [3.8, 4) is 6.07 Å². The number of nitriles is 1. The maximum absolute atomic E-state index is 11.4. The Bertz CT molecular complexity index is 589. The van der Waals surface area contributed by atoms with E-state index in [4.69, 9.17) is 0 Å².